The molecule has 13 nitrogen and oxygen atoms in total. The zero-order valence-electron chi connectivity index (χ0n) is 27.6. The molecule has 3 N–H and O–H groups in total. The summed E-state index contributed by atoms with van der Waals surface area (Å²) in [6, 6.07) is 19.0. The number of benzene rings is 3. The third kappa shape index (κ3) is 7.52. The Bertz CT molecular complexity index is 2310. The summed E-state index contributed by atoms with van der Waals surface area (Å²) in [5.74, 6) is 1.60. The first-order valence-corrected chi connectivity index (χ1v) is 15.5. The minimum Gasteiger partial charge on any atom is -0.440 e. The predicted octanol–water partition coefficient (Wildman–Crippen LogP) is 4.79. The van der Waals surface area contributed by atoms with Crippen LogP contribution >= 0.6 is 0 Å². The first kappa shape index (κ1) is 33.4. The van der Waals surface area contributed by atoms with Crippen molar-refractivity contribution in [3.8, 4) is 23.3 Å². The van der Waals surface area contributed by atoms with Gasteiger partial charge in [0.05, 0.1) is 16.6 Å². The average molecular weight is 652 g/mol. The van der Waals surface area contributed by atoms with E-state index in [1.165, 1.54) is 4.57 Å². The highest BCUT2D eigenvalue weighted by Gasteiger charge is 2.18. The van der Waals surface area contributed by atoms with Crippen LogP contribution in [0.4, 0.5) is 0 Å². The molecule has 0 atom stereocenters. The Labute approximate surface area is 274 Å². The molecule has 0 aliphatic carbocycles. The normalized spacial score (nSPS) is 10.9. The van der Waals surface area contributed by atoms with Crippen molar-refractivity contribution in [3.63, 3.8) is 0 Å². The molecule has 3 heterocycles. The molecule has 0 aliphatic heterocycles. The lowest BCUT2D eigenvalue weighted by atomic mass is 10.1. The molecule has 0 saturated heterocycles. The molecule has 48 heavy (non-hydrogen) atoms. The van der Waals surface area contributed by atoms with Crippen molar-refractivity contribution in [2.45, 2.75) is 61.1 Å². The van der Waals surface area contributed by atoms with Crippen LogP contribution in [0.3, 0.4) is 0 Å². The minimum absolute atomic E-state index is 0.0588. The number of rotatable bonds is 8. The largest absolute Gasteiger partial charge is 0.440 e. The van der Waals surface area contributed by atoms with Gasteiger partial charge in [0.15, 0.2) is 0 Å². The molecule has 0 bridgehead atoms. The van der Waals surface area contributed by atoms with Gasteiger partial charge >= 0.3 is 11.4 Å². The summed E-state index contributed by atoms with van der Waals surface area (Å²) < 4.78 is 14.7. The minimum atomic E-state index is -0.568. The first-order chi connectivity index (χ1) is 22.9. The van der Waals surface area contributed by atoms with Gasteiger partial charge in [0, 0.05) is 0 Å². The van der Waals surface area contributed by atoms with Crippen molar-refractivity contribution < 1.29 is 9.47 Å². The molecular formula is C35H37N7O6. The van der Waals surface area contributed by atoms with Gasteiger partial charge in [-0.3, -0.25) is 24.5 Å². The van der Waals surface area contributed by atoms with Crippen molar-refractivity contribution >= 4 is 11.0 Å². The zero-order chi connectivity index (χ0) is 34.5. The SMILES string of the molecule is CCc1c(Oc2cc(C)cc(C)c2)[nH]c(=O)[nH]c1=O.CCc1c(Oc2cc(C)cc(C)c2)n(Cn2nnc3ccccc32)c(=O)[nH]c1=O. The van der Waals surface area contributed by atoms with Crippen molar-refractivity contribution in [1.82, 2.24) is 34.5 Å². The number of ether oxygens (including phenoxy) is 2. The Morgan fingerprint density at radius 2 is 1.25 bits per heavy atom. The Hall–Kier alpha value is -5.98. The highest BCUT2D eigenvalue weighted by Crippen LogP contribution is 2.26. The Morgan fingerprint density at radius 1 is 0.688 bits per heavy atom. The van der Waals surface area contributed by atoms with Crippen LogP contribution in [0.5, 0.6) is 23.3 Å². The van der Waals surface area contributed by atoms with Crippen molar-refractivity contribution in [2.24, 2.45) is 0 Å². The number of aromatic nitrogens is 7. The molecule has 0 unspecified atom stereocenters. The maximum Gasteiger partial charge on any atom is 0.332 e. The molecule has 0 amide bonds. The maximum atomic E-state index is 12.7. The summed E-state index contributed by atoms with van der Waals surface area (Å²) in [6.07, 6.45) is 0.889. The fourth-order valence-corrected chi connectivity index (χ4v) is 5.42. The van der Waals surface area contributed by atoms with E-state index in [0.717, 1.165) is 33.3 Å². The van der Waals surface area contributed by atoms with Crippen LogP contribution < -0.4 is 32.0 Å². The van der Waals surface area contributed by atoms with Gasteiger partial charge in [0.25, 0.3) is 11.1 Å². The number of fused-ring (bicyclic) bond motifs is 1. The van der Waals surface area contributed by atoms with Crippen molar-refractivity contribution in [1.29, 1.82) is 0 Å². The second kappa shape index (κ2) is 14.2. The summed E-state index contributed by atoms with van der Waals surface area (Å²) >= 11 is 0. The molecule has 3 aromatic carbocycles. The number of nitrogens with one attached hydrogen (secondary N) is 3. The molecule has 13 heteroatoms. The molecule has 248 valence electrons. The second-order valence-electron chi connectivity index (χ2n) is 11.5. The van der Waals surface area contributed by atoms with E-state index in [4.69, 9.17) is 9.47 Å². The van der Waals surface area contributed by atoms with Crippen molar-refractivity contribution in [2.75, 3.05) is 0 Å². The molecule has 6 rings (SSSR count). The monoisotopic (exact) mass is 651 g/mol. The van der Waals surface area contributed by atoms with Crippen LogP contribution in [0.1, 0.15) is 47.2 Å². The number of aryl methyl sites for hydroxylation is 4. The highest BCUT2D eigenvalue weighted by atomic mass is 16.5. The van der Waals surface area contributed by atoms with E-state index in [-0.39, 0.29) is 18.4 Å². The van der Waals surface area contributed by atoms with Crippen LogP contribution in [-0.2, 0) is 19.5 Å². The van der Waals surface area contributed by atoms with E-state index in [1.54, 1.807) is 4.68 Å². The first-order valence-electron chi connectivity index (χ1n) is 15.5. The average Bonchev–Trinajstić information content (AvgIpc) is 3.41. The summed E-state index contributed by atoms with van der Waals surface area (Å²) in [5, 5.41) is 8.27. The quantitative estimate of drug-likeness (QED) is 0.211. The molecule has 0 spiro atoms. The molecular weight excluding hydrogens is 614 g/mol. The molecule has 3 aromatic heterocycles. The Morgan fingerprint density at radius 3 is 1.85 bits per heavy atom. The number of hydrogen-bond donors (Lipinski definition) is 3. The molecule has 0 saturated carbocycles. The van der Waals surface area contributed by atoms with Crippen LogP contribution in [0.15, 0.2) is 79.8 Å². The number of hydrogen-bond acceptors (Lipinski definition) is 8. The zero-order valence-corrected chi connectivity index (χ0v) is 27.6. The fraction of sp³-hybridized carbons (Fsp3) is 0.257. The van der Waals surface area contributed by atoms with Crippen LogP contribution in [0.25, 0.3) is 11.0 Å². The predicted molar refractivity (Wildman–Crippen MR) is 183 cm³/mol. The van der Waals surface area contributed by atoms with Gasteiger partial charge in [-0.25, -0.2) is 18.8 Å². The van der Waals surface area contributed by atoms with E-state index in [1.807, 2.05) is 102 Å². The number of para-hydroxylation sites is 1. The van der Waals surface area contributed by atoms with Gasteiger partial charge in [0.2, 0.25) is 11.8 Å². The summed E-state index contributed by atoms with van der Waals surface area (Å²) in [5.41, 5.74) is 4.50. The standard InChI is InChI=1S/C21H21N5O3.C14H16N2O3/c1-4-16-19(27)22-21(28)25(12-26-18-8-6-5-7-17(18)23-24-26)20(16)29-15-10-13(2)9-14(3)11-15;1-4-11-12(17)15-14(18)16-13(11)19-10-6-8(2)5-9(3)7-10/h5-11H,4,12H2,1-3H3,(H,22,27,28);5-7H,4H2,1-3H3,(H2,15,16,17,18). The Balaban J connectivity index is 0.000000206. The smallest absolute Gasteiger partial charge is 0.332 e. The number of H-pyrrole nitrogens is 3. The van der Waals surface area contributed by atoms with E-state index in [2.05, 4.69) is 25.3 Å². The van der Waals surface area contributed by atoms with Crippen LogP contribution in [0.2, 0.25) is 0 Å². The number of aromatic amines is 3. The van der Waals surface area contributed by atoms with Crippen molar-refractivity contribution in [3.05, 3.63) is 136 Å². The lowest BCUT2D eigenvalue weighted by Gasteiger charge is -2.17. The maximum absolute atomic E-state index is 12.7. The van der Waals surface area contributed by atoms with Gasteiger partial charge in [-0.2, -0.15) is 0 Å². The Kier molecular flexibility index (Phi) is 9.88. The van der Waals surface area contributed by atoms with E-state index in [0.29, 0.717) is 35.5 Å². The van der Waals surface area contributed by atoms with Gasteiger partial charge in [0.1, 0.15) is 23.7 Å². The van der Waals surface area contributed by atoms with Gasteiger partial charge < -0.3 is 9.47 Å². The third-order valence-electron chi connectivity index (χ3n) is 7.47. The second-order valence-corrected chi connectivity index (χ2v) is 11.5. The van der Waals surface area contributed by atoms with E-state index in [9.17, 15) is 19.2 Å². The fourth-order valence-electron chi connectivity index (χ4n) is 5.42. The lowest BCUT2D eigenvalue weighted by molar-refractivity contribution is 0.386. The van der Waals surface area contributed by atoms with Gasteiger partial charge in [-0.05, 0) is 99.2 Å². The van der Waals surface area contributed by atoms with E-state index < -0.39 is 22.5 Å². The highest BCUT2D eigenvalue weighted by molar-refractivity contribution is 5.73. The molecule has 0 fully saturated rings. The summed E-state index contributed by atoms with van der Waals surface area (Å²) in [7, 11) is 0. The van der Waals surface area contributed by atoms with E-state index >= 15 is 0 Å². The number of nitrogens with zero attached hydrogens (tertiary/aromatic N) is 4. The molecule has 6 aromatic rings. The molecule has 0 aliphatic rings. The molecule has 0 radical (unpaired) electrons. The van der Waals surface area contributed by atoms with Crippen LogP contribution in [-0.4, -0.2) is 34.5 Å². The van der Waals surface area contributed by atoms with Gasteiger partial charge in [-0.15, -0.1) is 5.10 Å². The topological polar surface area (TPSA) is 170 Å². The lowest BCUT2D eigenvalue weighted by Crippen LogP contribution is -2.35. The third-order valence-corrected chi connectivity index (χ3v) is 7.47. The summed E-state index contributed by atoms with van der Waals surface area (Å²) in [4.78, 5) is 55.1. The van der Waals surface area contributed by atoms with Gasteiger partial charge in [-0.1, -0.05) is 43.3 Å². The van der Waals surface area contributed by atoms with Crippen LogP contribution in [0, 0.1) is 27.7 Å². The summed E-state index contributed by atoms with van der Waals surface area (Å²) in [6.45, 7) is 11.6.